The van der Waals surface area contributed by atoms with Crippen molar-refractivity contribution < 1.29 is 14.7 Å². The molecule has 19 heavy (non-hydrogen) atoms. The number of rotatable bonds is 3. The zero-order valence-electron chi connectivity index (χ0n) is 11.2. The fourth-order valence-corrected chi connectivity index (χ4v) is 3.36. The predicted octanol–water partition coefficient (Wildman–Crippen LogP) is 2.98. The second-order valence-corrected chi connectivity index (χ2v) is 6.39. The third kappa shape index (κ3) is 2.89. The van der Waals surface area contributed by atoms with Crippen molar-refractivity contribution in [1.29, 1.82) is 0 Å². The van der Waals surface area contributed by atoms with Crippen LogP contribution >= 0.6 is 11.3 Å². The van der Waals surface area contributed by atoms with E-state index in [2.05, 4.69) is 17.6 Å². The quantitative estimate of drug-likeness (QED) is 0.797. The van der Waals surface area contributed by atoms with E-state index in [0.29, 0.717) is 16.5 Å². The SMILES string of the molecule is Cc1sc(NC(=O)NC2CC(C)C2)c(C(=O)O)c1C. The third-order valence-electron chi connectivity index (χ3n) is 3.54. The zero-order chi connectivity index (χ0) is 14.2. The van der Waals surface area contributed by atoms with Crippen molar-refractivity contribution in [3.05, 3.63) is 16.0 Å². The smallest absolute Gasteiger partial charge is 0.338 e. The Kier molecular flexibility index (Phi) is 3.80. The van der Waals surface area contributed by atoms with Crippen molar-refractivity contribution in [2.75, 3.05) is 5.32 Å². The molecule has 6 heteroatoms. The Morgan fingerprint density at radius 3 is 2.47 bits per heavy atom. The van der Waals surface area contributed by atoms with Gasteiger partial charge >= 0.3 is 12.0 Å². The summed E-state index contributed by atoms with van der Waals surface area (Å²) in [6, 6.07) is -0.105. The number of carbonyl (C=O) groups excluding carboxylic acids is 1. The van der Waals surface area contributed by atoms with Gasteiger partial charge in [0.05, 0.1) is 5.56 Å². The monoisotopic (exact) mass is 282 g/mol. The predicted molar refractivity (Wildman–Crippen MR) is 75.1 cm³/mol. The molecule has 1 aliphatic carbocycles. The average Bonchev–Trinajstić information content (AvgIpc) is 2.52. The standard InChI is InChI=1S/C13H18N2O3S/c1-6-4-9(5-6)14-13(18)15-11-10(12(16)17)7(2)8(3)19-11/h6,9H,4-5H2,1-3H3,(H,16,17)(H2,14,15,18). The number of hydrogen-bond donors (Lipinski definition) is 3. The molecule has 0 saturated heterocycles. The number of carbonyl (C=O) groups is 2. The molecule has 5 nitrogen and oxygen atoms in total. The minimum Gasteiger partial charge on any atom is -0.478 e. The van der Waals surface area contributed by atoms with E-state index in [0.717, 1.165) is 17.7 Å². The molecule has 104 valence electrons. The summed E-state index contributed by atoms with van der Waals surface area (Å²) in [5.41, 5.74) is 0.907. The number of carboxylic acid groups (broad SMARTS) is 1. The highest BCUT2D eigenvalue weighted by molar-refractivity contribution is 7.16. The Morgan fingerprint density at radius 2 is 1.95 bits per heavy atom. The fourth-order valence-electron chi connectivity index (χ4n) is 2.32. The third-order valence-corrected chi connectivity index (χ3v) is 4.66. The van der Waals surface area contributed by atoms with Gasteiger partial charge in [-0.2, -0.15) is 0 Å². The van der Waals surface area contributed by atoms with Gasteiger partial charge in [-0.25, -0.2) is 9.59 Å². The zero-order valence-corrected chi connectivity index (χ0v) is 12.1. The molecule has 1 saturated carbocycles. The molecule has 0 radical (unpaired) electrons. The Morgan fingerprint density at radius 1 is 1.32 bits per heavy atom. The van der Waals surface area contributed by atoms with E-state index < -0.39 is 5.97 Å². The molecule has 0 aliphatic heterocycles. The van der Waals surface area contributed by atoms with Crippen molar-refractivity contribution >= 4 is 28.3 Å². The number of aryl methyl sites for hydroxylation is 1. The molecule has 0 unspecified atom stereocenters. The van der Waals surface area contributed by atoms with Crippen LogP contribution in [0.15, 0.2) is 0 Å². The Hall–Kier alpha value is -1.56. The lowest BCUT2D eigenvalue weighted by atomic mass is 9.82. The summed E-state index contributed by atoms with van der Waals surface area (Å²) < 4.78 is 0. The van der Waals surface area contributed by atoms with E-state index in [-0.39, 0.29) is 17.6 Å². The molecule has 3 N–H and O–H groups in total. The van der Waals surface area contributed by atoms with Gasteiger partial charge in [0.15, 0.2) is 0 Å². The lowest BCUT2D eigenvalue weighted by Crippen LogP contribution is -2.45. The van der Waals surface area contributed by atoms with Crippen molar-refractivity contribution in [3.8, 4) is 0 Å². The van der Waals surface area contributed by atoms with Crippen molar-refractivity contribution in [2.24, 2.45) is 5.92 Å². The van der Waals surface area contributed by atoms with Crippen LogP contribution in [0.5, 0.6) is 0 Å². The molecule has 1 aliphatic rings. The summed E-state index contributed by atoms with van der Waals surface area (Å²) >= 11 is 1.30. The minimum absolute atomic E-state index is 0.194. The Bertz CT molecular complexity index is 518. The molecule has 1 aromatic heterocycles. The number of aromatic carboxylic acids is 1. The van der Waals surface area contributed by atoms with Crippen molar-refractivity contribution in [3.63, 3.8) is 0 Å². The second-order valence-electron chi connectivity index (χ2n) is 5.16. The number of thiophene rings is 1. The highest BCUT2D eigenvalue weighted by Crippen LogP contribution is 2.32. The van der Waals surface area contributed by atoms with Crippen LogP contribution in [-0.4, -0.2) is 23.1 Å². The van der Waals surface area contributed by atoms with Gasteiger partial charge in [-0.3, -0.25) is 5.32 Å². The highest BCUT2D eigenvalue weighted by Gasteiger charge is 2.27. The summed E-state index contributed by atoms with van der Waals surface area (Å²) in [6.45, 7) is 5.75. The number of urea groups is 1. The van der Waals surface area contributed by atoms with Gasteiger partial charge in [0.1, 0.15) is 5.00 Å². The van der Waals surface area contributed by atoms with Crippen LogP contribution in [0, 0.1) is 19.8 Å². The Balaban J connectivity index is 2.04. The van der Waals surface area contributed by atoms with Crippen LogP contribution in [0.3, 0.4) is 0 Å². The van der Waals surface area contributed by atoms with Crippen LogP contribution < -0.4 is 10.6 Å². The second kappa shape index (κ2) is 5.21. The molecule has 2 rings (SSSR count). The van der Waals surface area contributed by atoms with E-state index >= 15 is 0 Å². The van der Waals surface area contributed by atoms with Gasteiger partial charge in [-0.15, -0.1) is 11.3 Å². The average molecular weight is 282 g/mol. The molecule has 1 heterocycles. The normalized spacial score (nSPS) is 21.6. The molecule has 0 bridgehead atoms. The first-order chi connectivity index (χ1) is 8.88. The van der Waals surface area contributed by atoms with Crippen LogP contribution in [0.1, 0.15) is 40.6 Å². The molecule has 0 atom stereocenters. The number of amides is 2. The van der Waals surface area contributed by atoms with E-state index in [1.165, 1.54) is 11.3 Å². The number of nitrogens with one attached hydrogen (secondary N) is 2. The lowest BCUT2D eigenvalue weighted by molar-refractivity contribution is 0.0697. The molecule has 1 fully saturated rings. The Labute approximate surface area is 116 Å². The van der Waals surface area contributed by atoms with Gasteiger partial charge in [0.25, 0.3) is 0 Å². The van der Waals surface area contributed by atoms with Gasteiger partial charge in [-0.05, 0) is 38.2 Å². The van der Waals surface area contributed by atoms with Gasteiger partial charge in [-0.1, -0.05) is 6.92 Å². The maximum absolute atomic E-state index is 11.8. The summed E-state index contributed by atoms with van der Waals surface area (Å²) in [7, 11) is 0. The van der Waals surface area contributed by atoms with E-state index in [9.17, 15) is 14.7 Å². The molecule has 0 spiro atoms. The molecular weight excluding hydrogens is 264 g/mol. The van der Waals surface area contributed by atoms with Crippen molar-refractivity contribution in [2.45, 2.75) is 39.7 Å². The van der Waals surface area contributed by atoms with Crippen molar-refractivity contribution in [1.82, 2.24) is 5.32 Å². The lowest BCUT2D eigenvalue weighted by Gasteiger charge is -2.33. The topological polar surface area (TPSA) is 78.4 Å². The number of anilines is 1. The molecule has 1 aromatic rings. The fraction of sp³-hybridized carbons (Fsp3) is 0.538. The van der Waals surface area contributed by atoms with E-state index in [4.69, 9.17) is 0 Å². The first kappa shape index (κ1) is 13.9. The minimum atomic E-state index is -1.01. The van der Waals surface area contributed by atoms with Gasteiger partial charge < -0.3 is 10.4 Å². The number of carboxylic acids is 1. The summed E-state index contributed by atoms with van der Waals surface area (Å²) in [4.78, 5) is 23.9. The van der Waals surface area contributed by atoms with E-state index in [1.54, 1.807) is 6.92 Å². The molecule has 2 amide bonds. The first-order valence-corrected chi connectivity index (χ1v) is 7.11. The largest absolute Gasteiger partial charge is 0.478 e. The summed E-state index contributed by atoms with van der Waals surface area (Å²) in [5, 5.41) is 15.1. The van der Waals surface area contributed by atoms with Gasteiger partial charge in [0, 0.05) is 10.9 Å². The highest BCUT2D eigenvalue weighted by atomic mass is 32.1. The van der Waals surface area contributed by atoms with Crippen LogP contribution in [0.2, 0.25) is 0 Å². The maximum atomic E-state index is 11.8. The van der Waals surface area contributed by atoms with Crippen LogP contribution in [0.4, 0.5) is 9.80 Å². The molecular formula is C13H18N2O3S. The van der Waals surface area contributed by atoms with Crippen LogP contribution in [-0.2, 0) is 0 Å². The maximum Gasteiger partial charge on any atom is 0.338 e. The van der Waals surface area contributed by atoms with Crippen LogP contribution in [0.25, 0.3) is 0 Å². The first-order valence-electron chi connectivity index (χ1n) is 6.29. The number of hydrogen-bond acceptors (Lipinski definition) is 3. The summed E-state index contributed by atoms with van der Waals surface area (Å²) in [6.07, 6.45) is 1.98. The van der Waals surface area contributed by atoms with Gasteiger partial charge in [0.2, 0.25) is 0 Å². The summed E-state index contributed by atoms with van der Waals surface area (Å²) in [5.74, 6) is -0.347. The van der Waals surface area contributed by atoms with E-state index in [1.807, 2.05) is 6.92 Å². The molecule has 0 aromatic carbocycles.